The molecule has 0 bridgehead atoms. The molecule has 0 radical (unpaired) electrons. The van der Waals surface area contributed by atoms with Crippen molar-refractivity contribution in [2.75, 3.05) is 31.4 Å². The van der Waals surface area contributed by atoms with Crippen LogP contribution in [0.4, 0.5) is 25.0 Å². The zero-order valence-electron chi connectivity index (χ0n) is 25.4. The van der Waals surface area contributed by atoms with Gasteiger partial charge in [0.05, 0.1) is 36.1 Å². The van der Waals surface area contributed by atoms with Crippen molar-refractivity contribution in [1.29, 1.82) is 0 Å². The summed E-state index contributed by atoms with van der Waals surface area (Å²) in [4.78, 5) is 52.1. The summed E-state index contributed by atoms with van der Waals surface area (Å²) in [5.41, 5.74) is 5.46. The molecule has 15 heteroatoms. The highest BCUT2D eigenvalue weighted by Gasteiger charge is 2.45. The lowest BCUT2D eigenvalue weighted by Crippen LogP contribution is -2.39. The number of nitrogens with two attached hydrogens (primary N) is 1. The second-order valence-corrected chi connectivity index (χ2v) is 13.4. The molecule has 3 aromatic rings. The van der Waals surface area contributed by atoms with Crippen molar-refractivity contribution < 1.29 is 45.9 Å². The minimum absolute atomic E-state index is 0.00913. The summed E-state index contributed by atoms with van der Waals surface area (Å²) in [5.74, 6) is -4.20. The van der Waals surface area contributed by atoms with Crippen molar-refractivity contribution in [2.24, 2.45) is 11.7 Å². The Morgan fingerprint density at radius 3 is 2.36 bits per heavy atom. The molecule has 248 valence electrons. The number of benzene rings is 3. The van der Waals surface area contributed by atoms with Crippen LogP contribution in [0.25, 0.3) is 0 Å². The first kappa shape index (κ1) is 33.3. The molecule has 3 aromatic carbocycles. The van der Waals surface area contributed by atoms with E-state index in [9.17, 15) is 32.0 Å². The number of primary amides is 1. The van der Waals surface area contributed by atoms with Gasteiger partial charge in [0.25, 0.3) is 0 Å². The summed E-state index contributed by atoms with van der Waals surface area (Å²) in [5, 5.41) is 4.65. The molecule has 0 aromatic heterocycles. The van der Waals surface area contributed by atoms with Gasteiger partial charge in [-0.25, -0.2) is 22.0 Å². The molecular weight excluding hydrogens is 638 g/mol. The molecule has 2 aliphatic rings. The molecule has 0 unspecified atom stereocenters. The predicted octanol–water partition coefficient (Wildman–Crippen LogP) is 4.13. The molecule has 47 heavy (non-hydrogen) atoms. The molecule has 0 spiro atoms. The topological polar surface area (TPSA) is 174 Å². The number of carbonyl (C=O) groups excluding carboxylic acids is 4. The minimum Gasteiger partial charge on any atom is -0.494 e. The van der Waals surface area contributed by atoms with Gasteiger partial charge in [-0.05, 0) is 78.9 Å². The first-order valence-electron chi connectivity index (χ1n) is 14.6. The number of amides is 3. The van der Waals surface area contributed by atoms with Gasteiger partial charge in [0, 0.05) is 23.7 Å². The zero-order valence-corrected chi connectivity index (χ0v) is 26.2. The fourth-order valence-electron chi connectivity index (χ4n) is 5.70. The average Bonchev–Trinajstić information content (AvgIpc) is 3.84. The third-order valence-electron chi connectivity index (χ3n) is 8.24. The highest BCUT2D eigenvalue weighted by molar-refractivity contribution is 7.92. The third-order valence-corrected chi connectivity index (χ3v) is 10.6. The Morgan fingerprint density at radius 1 is 1.00 bits per heavy atom. The Labute approximate surface area is 269 Å². The number of hydrogen-bond donors (Lipinski definition) is 3. The van der Waals surface area contributed by atoms with Gasteiger partial charge in [-0.15, -0.1) is 0 Å². The minimum atomic E-state index is -3.88. The zero-order chi connectivity index (χ0) is 34.0. The summed E-state index contributed by atoms with van der Waals surface area (Å²) in [6.45, 7) is -0.00913. The van der Waals surface area contributed by atoms with Crippen LogP contribution in [0.2, 0.25) is 0 Å². The lowest BCUT2D eigenvalue weighted by atomic mass is 9.93. The van der Waals surface area contributed by atoms with Crippen LogP contribution in [0.1, 0.15) is 52.8 Å². The van der Waals surface area contributed by atoms with Crippen molar-refractivity contribution >= 4 is 45.4 Å². The van der Waals surface area contributed by atoms with Gasteiger partial charge in [0.15, 0.2) is 21.4 Å². The van der Waals surface area contributed by atoms with E-state index in [2.05, 4.69) is 15.4 Å². The Hall–Kier alpha value is -5.05. The van der Waals surface area contributed by atoms with Crippen LogP contribution in [0.5, 0.6) is 5.75 Å². The smallest absolute Gasteiger partial charge is 0.411 e. The largest absolute Gasteiger partial charge is 0.494 e. The number of likely N-dealkylation sites (tertiary alicyclic amines) is 1. The Balaban J connectivity index is 1.64. The number of carbonyl (C=O) groups is 4. The normalized spacial score (nSPS) is 18.3. The monoisotopic (exact) mass is 670 g/mol. The van der Waals surface area contributed by atoms with E-state index >= 15 is 4.39 Å². The van der Waals surface area contributed by atoms with Gasteiger partial charge < -0.3 is 30.2 Å². The van der Waals surface area contributed by atoms with E-state index in [0.717, 1.165) is 25.3 Å². The number of aldehydes is 1. The second-order valence-electron chi connectivity index (χ2n) is 11.2. The fraction of sp³-hybridized carbons (Fsp3) is 0.312. The number of rotatable bonds is 11. The van der Waals surface area contributed by atoms with Crippen LogP contribution in [-0.4, -0.2) is 63.5 Å². The van der Waals surface area contributed by atoms with Crippen molar-refractivity contribution in [2.45, 2.75) is 41.5 Å². The van der Waals surface area contributed by atoms with E-state index in [-0.39, 0.29) is 51.7 Å². The van der Waals surface area contributed by atoms with Gasteiger partial charge in [-0.3, -0.25) is 14.9 Å². The lowest BCUT2D eigenvalue weighted by molar-refractivity contribution is -0.133. The molecule has 1 aliphatic carbocycles. The Morgan fingerprint density at radius 2 is 1.72 bits per heavy atom. The van der Waals surface area contributed by atoms with Gasteiger partial charge in [0.2, 0.25) is 11.8 Å². The second kappa shape index (κ2) is 13.4. The van der Waals surface area contributed by atoms with Gasteiger partial charge >= 0.3 is 6.09 Å². The van der Waals surface area contributed by atoms with E-state index in [1.807, 2.05) is 0 Å². The van der Waals surface area contributed by atoms with Gasteiger partial charge in [0.1, 0.15) is 18.1 Å². The van der Waals surface area contributed by atoms with Crippen LogP contribution < -0.4 is 21.1 Å². The third kappa shape index (κ3) is 6.75. The van der Waals surface area contributed by atoms with Crippen molar-refractivity contribution in [3.05, 3.63) is 82.9 Å². The molecule has 2 fully saturated rings. The molecule has 1 saturated heterocycles. The SMILES string of the molecule is COC(=O)Nc1ccc(S(=O)(=O)C2CC2)c([C@H]2[C@H](C=O)CCN2C(=O)[C@H](Nc2cc(C(N)=O)ccc2F)c2ccc(F)c(OC)c2)c1. The number of hydrogen-bond acceptors (Lipinski definition) is 9. The molecule has 3 amide bonds. The number of methoxy groups -OCH3 is 2. The summed E-state index contributed by atoms with van der Waals surface area (Å²) >= 11 is 0. The summed E-state index contributed by atoms with van der Waals surface area (Å²) in [7, 11) is -1.50. The molecule has 1 heterocycles. The summed E-state index contributed by atoms with van der Waals surface area (Å²) < 4.78 is 66.5. The first-order valence-corrected chi connectivity index (χ1v) is 16.1. The van der Waals surface area contributed by atoms with E-state index in [0.29, 0.717) is 19.1 Å². The van der Waals surface area contributed by atoms with Crippen LogP contribution >= 0.6 is 0 Å². The number of halogens is 2. The molecule has 5 rings (SSSR count). The Bertz CT molecular complexity index is 1850. The number of sulfone groups is 1. The quantitative estimate of drug-likeness (QED) is 0.254. The predicted molar refractivity (Wildman–Crippen MR) is 166 cm³/mol. The standard InChI is InChI=1S/C32H32F2N4O8S/c1-45-26-14-17(3-9-24(26)34)28(37-25-13-18(30(35)40)4-8-23(25)33)31(41)38-12-11-19(16-39)29(38)22-15-20(36-32(42)46-2)5-10-27(22)47(43,44)21-6-7-21/h3-5,8-10,13-16,19,21,28-29,37H,6-7,11-12H2,1-2H3,(H2,35,40)(H,36,42)/t19-,28+,29+/m0/s1. The van der Waals surface area contributed by atoms with Gasteiger partial charge in [-0.1, -0.05) is 6.07 Å². The molecule has 1 aliphatic heterocycles. The maximum atomic E-state index is 15.1. The number of ether oxygens (including phenoxy) is 2. The van der Waals surface area contributed by atoms with Crippen LogP contribution in [0.15, 0.2) is 59.5 Å². The number of nitrogens with one attached hydrogen (secondary N) is 2. The highest BCUT2D eigenvalue weighted by Crippen LogP contribution is 2.45. The molecule has 3 atom stereocenters. The lowest BCUT2D eigenvalue weighted by Gasteiger charge is -2.32. The van der Waals surface area contributed by atoms with E-state index in [4.69, 9.17) is 10.5 Å². The van der Waals surface area contributed by atoms with E-state index < -0.39 is 62.6 Å². The number of anilines is 2. The van der Waals surface area contributed by atoms with Gasteiger partial charge in [-0.2, -0.15) is 0 Å². The maximum Gasteiger partial charge on any atom is 0.411 e. The molecule has 4 N–H and O–H groups in total. The fourth-order valence-corrected chi connectivity index (χ4v) is 7.58. The van der Waals surface area contributed by atoms with E-state index in [1.54, 1.807) is 0 Å². The maximum absolute atomic E-state index is 15.1. The van der Waals surface area contributed by atoms with E-state index in [1.165, 1.54) is 48.4 Å². The highest BCUT2D eigenvalue weighted by atomic mass is 32.2. The molecular formula is C32H32F2N4O8S. The first-order chi connectivity index (χ1) is 22.4. The molecule has 1 saturated carbocycles. The summed E-state index contributed by atoms with van der Waals surface area (Å²) in [6.07, 6.45) is 0.855. The Kier molecular flexibility index (Phi) is 9.47. The van der Waals surface area contributed by atoms with Crippen molar-refractivity contribution in [1.82, 2.24) is 4.90 Å². The number of nitrogens with zero attached hydrogens (tertiary/aromatic N) is 1. The van der Waals surface area contributed by atoms with Crippen molar-refractivity contribution in [3.8, 4) is 5.75 Å². The van der Waals surface area contributed by atoms with Crippen LogP contribution in [0, 0.1) is 17.6 Å². The average molecular weight is 671 g/mol. The van der Waals surface area contributed by atoms with Crippen LogP contribution in [-0.2, 0) is 24.2 Å². The van der Waals surface area contributed by atoms with Crippen molar-refractivity contribution in [3.63, 3.8) is 0 Å². The van der Waals surface area contributed by atoms with Crippen LogP contribution in [0.3, 0.4) is 0 Å². The summed E-state index contributed by atoms with van der Waals surface area (Å²) in [6, 6.07) is 8.39. The molecule has 12 nitrogen and oxygen atoms in total.